The van der Waals surface area contributed by atoms with Gasteiger partial charge in [0.05, 0.1) is 0 Å². The summed E-state index contributed by atoms with van der Waals surface area (Å²) in [5.41, 5.74) is 5.09. The molecule has 0 bridgehead atoms. The Hall–Kier alpha value is -2.29. The van der Waals surface area contributed by atoms with Crippen LogP contribution in [0.25, 0.3) is 33.7 Å². The summed E-state index contributed by atoms with van der Waals surface area (Å²) >= 11 is 8.46. The van der Waals surface area contributed by atoms with Crippen molar-refractivity contribution >= 4 is 49.6 Å². The molecule has 0 fully saturated rings. The van der Waals surface area contributed by atoms with Gasteiger partial charge in [0, 0.05) is 0 Å². The van der Waals surface area contributed by atoms with Crippen molar-refractivity contribution in [1.29, 1.82) is 0 Å². The maximum atomic E-state index is 13.5. The second-order valence-electron chi connectivity index (χ2n) is 6.49. The quantitative estimate of drug-likeness (QED) is 0.401. The molecule has 4 rings (SSSR count). The number of anilines is 1. The molecular formula is C22H17AsClFN2O. The molecule has 28 heavy (non-hydrogen) atoms. The molecule has 0 aliphatic rings. The van der Waals surface area contributed by atoms with Crippen LogP contribution in [0, 0.1) is 5.82 Å². The van der Waals surface area contributed by atoms with Crippen LogP contribution in [0.3, 0.4) is 0 Å². The van der Waals surface area contributed by atoms with Gasteiger partial charge in [0.15, 0.2) is 0 Å². The Bertz CT molecular complexity index is 1160. The van der Waals surface area contributed by atoms with Crippen molar-refractivity contribution in [3.8, 4) is 22.6 Å². The van der Waals surface area contributed by atoms with E-state index in [0.717, 1.165) is 45.2 Å². The Morgan fingerprint density at radius 2 is 1.86 bits per heavy atom. The van der Waals surface area contributed by atoms with Crippen LogP contribution >= 0.6 is 11.6 Å². The Balaban J connectivity index is 1.77. The van der Waals surface area contributed by atoms with E-state index in [9.17, 15) is 4.39 Å². The van der Waals surface area contributed by atoms with Crippen LogP contribution in [0.1, 0.15) is 13.3 Å². The summed E-state index contributed by atoms with van der Waals surface area (Å²) in [6, 6.07) is 16.5. The molecule has 0 aliphatic heterocycles. The fraction of sp³-hybridized carbons (Fsp3) is 0.136. The molecule has 140 valence electrons. The van der Waals surface area contributed by atoms with Crippen LogP contribution in [-0.4, -0.2) is 28.4 Å². The number of benzene rings is 3. The van der Waals surface area contributed by atoms with Gasteiger partial charge in [-0.25, -0.2) is 4.39 Å². The number of halogens is 2. The molecule has 0 aliphatic carbocycles. The van der Waals surface area contributed by atoms with Gasteiger partial charge in [-0.05, 0) is 0 Å². The van der Waals surface area contributed by atoms with E-state index in [1.165, 1.54) is 6.07 Å². The second-order valence-corrected chi connectivity index (χ2v) is 7.98. The van der Waals surface area contributed by atoms with Gasteiger partial charge in [-0.15, -0.1) is 0 Å². The van der Waals surface area contributed by atoms with Gasteiger partial charge in [-0.3, -0.25) is 0 Å². The van der Waals surface area contributed by atoms with E-state index in [0.29, 0.717) is 11.5 Å². The number of oxazole rings is 1. The third-order valence-electron chi connectivity index (χ3n) is 4.44. The van der Waals surface area contributed by atoms with Gasteiger partial charge < -0.3 is 0 Å². The second kappa shape index (κ2) is 7.98. The number of hydrogen-bond donors (Lipinski definition) is 1. The molecule has 0 saturated heterocycles. The summed E-state index contributed by atoms with van der Waals surface area (Å²) in [5, 5.41) is 3.52. The molecule has 0 amide bonds. The minimum atomic E-state index is -0.430. The first-order chi connectivity index (χ1) is 13.5. The number of aromatic nitrogens is 1. The number of rotatable bonds is 5. The molecular weight excluding hydrogens is 438 g/mol. The average molecular weight is 455 g/mol. The topological polar surface area (TPSA) is 38.1 Å². The van der Waals surface area contributed by atoms with Crippen molar-refractivity contribution in [2.75, 3.05) is 11.9 Å². The van der Waals surface area contributed by atoms with Crippen LogP contribution in [-0.2, 0) is 0 Å². The van der Waals surface area contributed by atoms with Gasteiger partial charge in [-0.1, -0.05) is 0 Å². The number of fused-ring (bicyclic) bond motifs is 1. The van der Waals surface area contributed by atoms with Crippen molar-refractivity contribution in [2.45, 2.75) is 13.3 Å². The normalized spacial score (nSPS) is 11.1. The summed E-state index contributed by atoms with van der Waals surface area (Å²) < 4.78 is 20.5. The van der Waals surface area contributed by atoms with Gasteiger partial charge in [-0.2, -0.15) is 0 Å². The first kappa shape index (κ1) is 19.0. The predicted octanol–water partition coefficient (Wildman–Crippen LogP) is 5.57. The summed E-state index contributed by atoms with van der Waals surface area (Å²) in [6.45, 7) is 3.00. The van der Waals surface area contributed by atoms with E-state index in [1.807, 2.05) is 36.4 Å². The molecule has 2 radical (unpaired) electrons. The molecule has 3 aromatic carbocycles. The monoisotopic (exact) mass is 454 g/mol. The minimum absolute atomic E-state index is 0.1000. The summed E-state index contributed by atoms with van der Waals surface area (Å²) in [4.78, 5) is 4.70. The summed E-state index contributed by atoms with van der Waals surface area (Å²) in [5.74, 6) is 0.135. The Labute approximate surface area is 176 Å². The Morgan fingerprint density at radius 3 is 2.64 bits per heavy atom. The van der Waals surface area contributed by atoms with E-state index < -0.39 is 5.82 Å². The molecule has 0 unspecified atom stereocenters. The van der Waals surface area contributed by atoms with Crippen molar-refractivity contribution in [3.63, 3.8) is 0 Å². The number of hydrogen-bond acceptors (Lipinski definition) is 3. The predicted molar refractivity (Wildman–Crippen MR) is 114 cm³/mol. The molecule has 1 aromatic heterocycles. The Morgan fingerprint density at radius 1 is 1.07 bits per heavy atom. The SMILES string of the molecule is CCCNc1ccc([As])cc1-c1nc2cc(-c3ccc(F)c(Cl)c3)ccc2o1. The molecule has 1 heterocycles. The zero-order chi connectivity index (χ0) is 19.7. The van der Waals surface area contributed by atoms with Crippen LogP contribution < -0.4 is 9.67 Å². The summed E-state index contributed by atoms with van der Waals surface area (Å²) in [6.07, 6.45) is 1.03. The fourth-order valence-electron chi connectivity index (χ4n) is 3.02. The molecule has 0 saturated carbocycles. The molecule has 0 atom stereocenters. The third kappa shape index (κ3) is 3.80. The van der Waals surface area contributed by atoms with Crippen molar-refractivity contribution < 1.29 is 8.81 Å². The first-order valence-electron chi connectivity index (χ1n) is 8.98. The van der Waals surface area contributed by atoms with Crippen molar-refractivity contribution in [3.05, 3.63) is 65.4 Å². The van der Waals surface area contributed by atoms with E-state index in [2.05, 4.69) is 29.1 Å². The maximum absolute atomic E-state index is 13.5. The van der Waals surface area contributed by atoms with Gasteiger partial charge in [0.25, 0.3) is 0 Å². The van der Waals surface area contributed by atoms with Crippen molar-refractivity contribution in [2.24, 2.45) is 0 Å². The molecule has 0 spiro atoms. The Kier molecular flexibility index (Phi) is 5.43. The molecule has 1 N–H and O–H groups in total. The number of nitrogens with one attached hydrogen (secondary N) is 1. The van der Waals surface area contributed by atoms with E-state index >= 15 is 0 Å². The van der Waals surface area contributed by atoms with E-state index in [-0.39, 0.29) is 5.02 Å². The van der Waals surface area contributed by atoms with Crippen LogP contribution in [0.5, 0.6) is 0 Å². The van der Waals surface area contributed by atoms with E-state index in [1.54, 1.807) is 12.1 Å². The number of nitrogens with zero attached hydrogens (tertiary/aromatic N) is 1. The van der Waals surface area contributed by atoms with Gasteiger partial charge in [0.1, 0.15) is 0 Å². The van der Waals surface area contributed by atoms with Crippen molar-refractivity contribution in [1.82, 2.24) is 4.98 Å². The van der Waals surface area contributed by atoms with Gasteiger partial charge >= 0.3 is 172 Å². The fourth-order valence-corrected chi connectivity index (χ4v) is 3.63. The molecule has 4 aromatic rings. The zero-order valence-corrected chi connectivity index (χ0v) is 17.8. The van der Waals surface area contributed by atoms with E-state index in [4.69, 9.17) is 21.0 Å². The van der Waals surface area contributed by atoms with Crippen LogP contribution in [0.4, 0.5) is 10.1 Å². The van der Waals surface area contributed by atoms with Crippen LogP contribution in [0.15, 0.2) is 59.0 Å². The third-order valence-corrected chi connectivity index (χ3v) is 5.31. The van der Waals surface area contributed by atoms with Crippen LogP contribution in [0.2, 0.25) is 5.02 Å². The first-order valence-corrected chi connectivity index (χ1v) is 10.3. The zero-order valence-electron chi connectivity index (χ0n) is 15.2. The molecule has 6 heteroatoms. The van der Waals surface area contributed by atoms with Gasteiger partial charge in [0.2, 0.25) is 0 Å². The molecule has 3 nitrogen and oxygen atoms in total. The average Bonchev–Trinajstić information content (AvgIpc) is 3.12. The standard InChI is InChI=1S/C22H17AsClFN2O/c1-2-9-26-19-7-5-15(23)12-16(19)22-27-20-11-14(4-8-21(20)28-22)13-3-6-18(25)17(24)10-13/h3-8,10-12,26H,2,9H2,1H3. The summed E-state index contributed by atoms with van der Waals surface area (Å²) in [7, 11) is 0.